The molecule has 4 nitrogen and oxygen atoms in total. The fraction of sp³-hybridized carbons (Fsp3) is 0.368. The molecule has 0 aliphatic rings. The van der Waals surface area contributed by atoms with Gasteiger partial charge in [0.2, 0.25) is 10.0 Å². The zero-order chi connectivity index (χ0) is 18.0. The van der Waals surface area contributed by atoms with Crippen molar-refractivity contribution in [3.8, 4) is 0 Å². The normalized spacial score (nSPS) is 15.0. The smallest absolute Gasteiger partial charge is 0.240 e. The summed E-state index contributed by atoms with van der Waals surface area (Å²) in [6.45, 7) is 7.72. The van der Waals surface area contributed by atoms with Crippen molar-refractivity contribution in [1.29, 1.82) is 0 Å². The van der Waals surface area contributed by atoms with Crippen LogP contribution in [0.4, 0.5) is 0 Å². The molecule has 2 aromatic rings. The van der Waals surface area contributed by atoms with Crippen LogP contribution in [-0.2, 0) is 21.0 Å². The van der Waals surface area contributed by atoms with Crippen LogP contribution in [0.1, 0.15) is 38.8 Å². The van der Waals surface area contributed by atoms with E-state index in [1.54, 1.807) is 31.2 Å². The van der Waals surface area contributed by atoms with E-state index in [4.69, 9.17) is 0 Å². The highest BCUT2D eigenvalue weighted by molar-refractivity contribution is 7.89. The van der Waals surface area contributed by atoms with Gasteiger partial charge in [-0.25, -0.2) is 13.1 Å². The topological polar surface area (TPSA) is 66.4 Å². The highest BCUT2D eigenvalue weighted by Gasteiger charge is 2.26. The van der Waals surface area contributed by atoms with Crippen molar-refractivity contribution >= 4 is 10.0 Å². The average molecular weight is 347 g/mol. The second-order valence-corrected chi connectivity index (χ2v) is 9.01. The maximum atomic E-state index is 12.4. The third-order valence-corrected chi connectivity index (χ3v) is 5.45. The van der Waals surface area contributed by atoms with Gasteiger partial charge in [0.1, 0.15) is 5.60 Å². The molecule has 24 heavy (non-hydrogen) atoms. The van der Waals surface area contributed by atoms with Gasteiger partial charge in [0.15, 0.2) is 0 Å². The fourth-order valence-corrected chi connectivity index (χ4v) is 3.48. The van der Waals surface area contributed by atoms with E-state index in [0.717, 1.165) is 5.56 Å². The standard InChI is InChI=1S/C19H25NO3S/c1-18(2,3)15-10-12-17(13-11-15)24(22,23)20-14-19(4,21)16-8-6-5-7-9-16/h5-13,20-21H,14H2,1-4H3. The highest BCUT2D eigenvalue weighted by atomic mass is 32.2. The summed E-state index contributed by atoms with van der Waals surface area (Å²) in [6.07, 6.45) is 0. The van der Waals surface area contributed by atoms with Gasteiger partial charge < -0.3 is 5.11 Å². The zero-order valence-electron chi connectivity index (χ0n) is 14.6. The van der Waals surface area contributed by atoms with E-state index in [1.807, 2.05) is 30.3 Å². The second-order valence-electron chi connectivity index (χ2n) is 7.24. The van der Waals surface area contributed by atoms with E-state index in [-0.39, 0.29) is 16.9 Å². The zero-order valence-corrected chi connectivity index (χ0v) is 15.4. The summed E-state index contributed by atoms with van der Waals surface area (Å²) in [5, 5.41) is 10.5. The lowest BCUT2D eigenvalue weighted by molar-refractivity contribution is 0.0627. The number of nitrogens with one attached hydrogen (secondary N) is 1. The third kappa shape index (κ3) is 4.44. The Hall–Kier alpha value is -1.69. The van der Waals surface area contributed by atoms with Crippen LogP contribution in [0.25, 0.3) is 0 Å². The molecule has 0 heterocycles. The van der Waals surface area contributed by atoms with Crippen LogP contribution in [0, 0.1) is 0 Å². The maximum Gasteiger partial charge on any atom is 0.240 e. The molecule has 0 radical (unpaired) electrons. The third-order valence-electron chi connectivity index (χ3n) is 4.03. The van der Waals surface area contributed by atoms with Crippen LogP contribution in [0.5, 0.6) is 0 Å². The van der Waals surface area contributed by atoms with Crippen LogP contribution in [0.2, 0.25) is 0 Å². The van der Waals surface area contributed by atoms with Crippen LogP contribution < -0.4 is 4.72 Å². The molecule has 1 unspecified atom stereocenters. The number of rotatable bonds is 5. The number of benzene rings is 2. The van der Waals surface area contributed by atoms with Gasteiger partial charge in [-0.1, -0.05) is 63.2 Å². The van der Waals surface area contributed by atoms with Gasteiger partial charge in [-0.05, 0) is 35.6 Å². The second kappa shape index (κ2) is 6.67. The SMILES string of the molecule is CC(C)(C)c1ccc(S(=O)(=O)NCC(C)(O)c2ccccc2)cc1. The van der Waals surface area contributed by atoms with Crippen LogP contribution in [0.15, 0.2) is 59.5 Å². The van der Waals surface area contributed by atoms with Crippen molar-refractivity contribution in [2.75, 3.05) is 6.54 Å². The van der Waals surface area contributed by atoms with E-state index in [2.05, 4.69) is 25.5 Å². The average Bonchev–Trinajstić information content (AvgIpc) is 2.53. The monoisotopic (exact) mass is 347 g/mol. The Morgan fingerprint density at radius 2 is 1.42 bits per heavy atom. The predicted octanol–water partition coefficient (Wildman–Crippen LogP) is 3.17. The number of sulfonamides is 1. The molecule has 1 atom stereocenters. The molecule has 0 saturated heterocycles. The lowest BCUT2D eigenvalue weighted by atomic mass is 9.87. The molecule has 0 fully saturated rings. The van der Waals surface area contributed by atoms with Gasteiger partial charge in [0, 0.05) is 6.54 Å². The number of hydrogen-bond acceptors (Lipinski definition) is 3. The summed E-state index contributed by atoms with van der Waals surface area (Å²) in [6, 6.07) is 15.8. The molecule has 0 bridgehead atoms. The molecule has 2 N–H and O–H groups in total. The fourth-order valence-electron chi connectivity index (χ4n) is 2.35. The molecule has 2 aromatic carbocycles. The van der Waals surface area contributed by atoms with Crippen molar-refractivity contribution in [2.24, 2.45) is 0 Å². The van der Waals surface area contributed by atoms with Gasteiger partial charge in [0.25, 0.3) is 0 Å². The van der Waals surface area contributed by atoms with Crippen molar-refractivity contribution in [3.05, 3.63) is 65.7 Å². The minimum absolute atomic E-state index is 0.0350. The number of hydrogen-bond donors (Lipinski definition) is 2. The van der Waals surface area contributed by atoms with Crippen molar-refractivity contribution in [1.82, 2.24) is 4.72 Å². The molecule has 0 aliphatic heterocycles. The lowest BCUT2D eigenvalue weighted by Gasteiger charge is -2.24. The van der Waals surface area contributed by atoms with E-state index >= 15 is 0 Å². The first kappa shape index (κ1) is 18.6. The summed E-state index contributed by atoms with van der Waals surface area (Å²) >= 11 is 0. The van der Waals surface area contributed by atoms with E-state index in [9.17, 15) is 13.5 Å². The van der Waals surface area contributed by atoms with E-state index < -0.39 is 15.6 Å². The van der Waals surface area contributed by atoms with E-state index in [1.165, 1.54) is 0 Å². The molecule has 0 spiro atoms. The molecule has 0 saturated carbocycles. The Morgan fingerprint density at radius 1 is 0.875 bits per heavy atom. The minimum Gasteiger partial charge on any atom is -0.384 e. The van der Waals surface area contributed by atoms with Gasteiger partial charge >= 0.3 is 0 Å². The van der Waals surface area contributed by atoms with Crippen LogP contribution in [-0.4, -0.2) is 20.1 Å². The van der Waals surface area contributed by atoms with Gasteiger partial charge in [0.05, 0.1) is 4.90 Å². The van der Waals surface area contributed by atoms with Gasteiger partial charge in [-0.15, -0.1) is 0 Å². The molecule has 0 amide bonds. The molecular formula is C19H25NO3S. The first-order valence-corrected chi connectivity index (χ1v) is 9.39. The predicted molar refractivity (Wildman–Crippen MR) is 96.3 cm³/mol. The van der Waals surface area contributed by atoms with Gasteiger partial charge in [-0.3, -0.25) is 0 Å². The first-order chi connectivity index (χ1) is 11.0. The van der Waals surface area contributed by atoms with Crippen molar-refractivity contribution < 1.29 is 13.5 Å². The Balaban J connectivity index is 2.14. The van der Waals surface area contributed by atoms with Crippen molar-refractivity contribution in [3.63, 3.8) is 0 Å². The maximum absolute atomic E-state index is 12.4. The summed E-state index contributed by atoms with van der Waals surface area (Å²) < 4.78 is 27.4. The summed E-state index contributed by atoms with van der Waals surface area (Å²) in [7, 11) is -3.67. The highest BCUT2D eigenvalue weighted by Crippen LogP contribution is 2.24. The number of aliphatic hydroxyl groups is 1. The summed E-state index contributed by atoms with van der Waals surface area (Å²) in [4.78, 5) is 0.194. The molecule has 2 rings (SSSR count). The Labute approximate surface area is 144 Å². The first-order valence-electron chi connectivity index (χ1n) is 7.90. The minimum atomic E-state index is -3.67. The Morgan fingerprint density at radius 3 is 1.92 bits per heavy atom. The molecule has 5 heteroatoms. The molecule has 130 valence electrons. The summed E-state index contributed by atoms with van der Waals surface area (Å²) in [5.41, 5.74) is 0.417. The largest absolute Gasteiger partial charge is 0.384 e. The van der Waals surface area contributed by atoms with E-state index in [0.29, 0.717) is 5.56 Å². The molecule has 0 aromatic heterocycles. The lowest BCUT2D eigenvalue weighted by Crippen LogP contribution is -2.38. The van der Waals surface area contributed by atoms with Crippen LogP contribution in [0.3, 0.4) is 0 Å². The molecule has 0 aliphatic carbocycles. The Kier molecular flexibility index (Phi) is 5.18. The molecular weight excluding hydrogens is 322 g/mol. The Bertz CT molecular complexity index is 774. The van der Waals surface area contributed by atoms with Crippen molar-refractivity contribution in [2.45, 2.75) is 43.6 Å². The van der Waals surface area contributed by atoms with Gasteiger partial charge in [-0.2, -0.15) is 0 Å². The summed E-state index contributed by atoms with van der Waals surface area (Å²) in [5.74, 6) is 0. The van der Waals surface area contributed by atoms with Crippen LogP contribution >= 0.6 is 0 Å². The quantitative estimate of drug-likeness (QED) is 0.873.